The molecule has 20 heavy (non-hydrogen) atoms. The maximum absolute atomic E-state index is 12.3. The van der Waals surface area contributed by atoms with Crippen LogP contribution in [0.3, 0.4) is 0 Å². The van der Waals surface area contributed by atoms with Gasteiger partial charge in [-0.2, -0.15) is 0 Å². The van der Waals surface area contributed by atoms with E-state index in [2.05, 4.69) is 15.9 Å². The molecule has 0 saturated carbocycles. The molecule has 1 N–H and O–H groups in total. The molecule has 2 heterocycles. The van der Waals surface area contributed by atoms with E-state index in [1.165, 1.54) is 0 Å². The first kappa shape index (κ1) is 15.3. The number of thiocarbonyl (C=S) groups is 1. The summed E-state index contributed by atoms with van der Waals surface area (Å²) in [7, 11) is 0. The van der Waals surface area contributed by atoms with Gasteiger partial charge in [0.05, 0.1) is 4.91 Å². The lowest BCUT2D eigenvalue weighted by Crippen LogP contribution is -2.43. The van der Waals surface area contributed by atoms with Crippen molar-refractivity contribution in [1.82, 2.24) is 4.90 Å². The van der Waals surface area contributed by atoms with Crippen molar-refractivity contribution in [3.63, 3.8) is 0 Å². The highest BCUT2D eigenvalue weighted by atomic mass is 79.9. The van der Waals surface area contributed by atoms with Gasteiger partial charge >= 0.3 is 5.97 Å². The Hall–Kier alpha value is -1.12. The second kappa shape index (κ2) is 6.11. The van der Waals surface area contributed by atoms with Crippen LogP contribution in [0.25, 0.3) is 6.08 Å². The molecule has 1 saturated heterocycles. The topological polar surface area (TPSA) is 70.8 Å². The number of carbonyl (C=O) groups excluding carboxylic acids is 1. The Morgan fingerprint density at radius 3 is 2.85 bits per heavy atom. The van der Waals surface area contributed by atoms with Crippen LogP contribution in [0.4, 0.5) is 0 Å². The minimum atomic E-state index is -1.06. The average molecular weight is 376 g/mol. The third kappa shape index (κ3) is 2.97. The van der Waals surface area contributed by atoms with E-state index in [9.17, 15) is 9.59 Å². The fourth-order valence-corrected chi connectivity index (χ4v) is 3.41. The Bertz CT molecular complexity index is 610. The number of amides is 1. The van der Waals surface area contributed by atoms with Gasteiger partial charge in [0.15, 0.2) is 4.67 Å². The smallest absolute Gasteiger partial charge is 0.326 e. The van der Waals surface area contributed by atoms with Crippen LogP contribution in [0.2, 0.25) is 0 Å². The Morgan fingerprint density at radius 2 is 2.35 bits per heavy atom. The monoisotopic (exact) mass is 375 g/mol. The van der Waals surface area contributed by atoms with Gasteiger partial charge in [-0.3, -0.25) is 9.69 Å². The van der Waals surface area contributed by atoms with Crippen LogP contribution in [0.5, 0.6) is 0 Å². The maximum Gasteiger partial charge on any atom is 0.326 e. The summed E-state index contributed by atoms with van der Waals surface area (Å²) in [5.74, 6) is -0.965. The first-order valence-corrected chi connectivity index (χ1v) is 7.71. The molecule has 2 rings (SSSR count). The Morgan fingerprint density at radius 1 is 1.65 bits per heavy atom. The first-order valence-electron chi connectivity index (χ1n) is 5.69. The highest BCUT2D eigenvalue weighted by molar-refractivity contribution is 9.10. The van der Waals surface area contributed by atoms with E-state index in [-0.39, 0.29) is 4.32 Å². The zero-order valence-electron chi connectivity index (χ0n) is 10.3. The summed E-state index contributed by atoms with van der Waals surface area (Å²) in [5, 5.41) is 9.14. The van der Waals surface area contributed by atoms with E-state index in [4.69, 9.17) is 21.7 Å². The van der Waals surface area contributed by atoms with Crippen molar-refractivity contribution in [2.24, 2.45) is 0 Å². The van der Waals surface area contributed by atoms with Crippen LogP contribution >= 0.6 is 39.9 Å². The lowest BCUT2D eigenvalue weighted by molar-refractivity contribution is -0.145. The number of thioether (sulfide) groups is 1. The minimum absolute atomic E-state index is 0.251. The molecule has 1 atom stereocenters. The minimum Gasteiger partial charge on any atom is -0.480 e. The Labute approximate surface area is 133 Å². The first-order chi connectivity index (χ1) is 9.43. The molecule has 1 aliphatic heterocycles. The molecule has 106 valence electrons. The number of carboxylic acid groups (broad SMARTS) is 1. The Kier molecular flexibility index (Phi) is 4.66. The van der Waals surface area contributed by atoms with Gasteiger partial charge in [0.1, 0.15) is 16.1 Å². The van der Waals surface area contributed by atoms with E-state index >= 15 is 0 Å². The SMILES string of the molecule is CCC(C(=O)O)N1C(=O)/C(=C\c2ccc(Br)o2)SC1=S. The summed E-state index contributed by atoms with van der Waals surface area (Å²) in [4.78, 5) is 24.9. The lowest BCUT2D eigenvalue weighted by atomic mass is 10.2. The van der Waals surface area contributed by atoms with E-state index in [1.54, 1.807) is 25.1 Å². The van der Waals surface area contributed by atoms with E-state index in [1.807, 2.05) is 0 Å². The van der Waals surface area contributed by atoms with Crippen molar-refractivity contribution in [2.45, 2.75) is 19.4 Å². The molecule has 1 aromatic rings. The van der Waals surface area contributed by atoms with Gasteiger partial charge in [0.25, 0.3) is 5.91 Å². The summed E-state index contributed by atoms with van der Waals surface area (Å²) in [6, 6.07) is 2.47. The van der Waals surface area contributed by atoms with Crippen molar-refractivity contribution in [3.8, 4) is 0 Å². The molecule has 5 nitrogen and oxygen atoms in total. The van der Waals surface area contributed by atoms with Crippen molar-refractivity contribution in [2.75, 3.05) is 0 Å². The average Bonchev–Trinajstić information content (AvgIpc) is 2.89. The molecule has 1 amide bonds. The third-order valence-corrected chi connectivity index (χ3v) is 4.43. The molecule has 0 aromatic carbocycles. The quantitative estimate of drug-likeness (QED) is 0.643. The number of hydrogen-bond donors (Lipinski definition) is 1. The highest BCUT2D eigenvalue weighted by Gasteiger charge is 2.39. The largest absolute Gasteiger partial charge is 0.480 e. The molecule has 1 unspecified atom stereocenters. The summed E-state index contributed by atoms with van der Waals surface area (Å²) in [6.07, 6.45) is 1.85. The molecule has 1 fully saturated rings. The fraction of sp³-hybridized carbons (Fsp3) is 0.250. The standard InChI is InChI=1S/C12H10BrNO4S2/c1-2-7(11(16)17)14-10(15)8(20-12(14)19)5-6-3-4-9(13)18-6/h3-5,7H,2H2,1H3,(H,16,17)/b8-5+. The predicted molar refractivity (Wildman–Crippen MR) is 83.1 cm³/mol. The molecular weight excluding hydrogens is 366 g/mol. The molecule has 0 bridgehead atoms. The predicted octanol–water partition coefficient (Wildman–Crippen LogP) is 3.11. The summed E-state index contributed by atoms with van der Waals surface area (Å²) < 4.78 is 6.10. The number of hydrogen-bond acceptors (Lipinski definition) is 5. The molecule has 0 spiro atoms. The maximum atomic E-state index is 12.3. The van der Waals surface area contributed by atoms with Gasteiger partial charge in [-0.1, -0.05) is 30.9 Å². The zero-order chi connectivity index (χ0) is 14.9. The van der Waals surface area contributed by atoms with Gasteiger partial charge < -0.3 is 9.52 Å². The molecule has 0 aliphatic carbocycles. The van der Waals surface area contributed by atoms with Crippen molar-refractivity contribution in [1.29, 1.82) is 0 Å². The van der Waals surface area contributed by atoms with E-state index < -0.39 is 17.9 Å². The molecule has 8 heteroatoms. The van der Waals surface area contributed by atoms with Crippen LogP contribution in [0.1, 0.15) is 19.1 Å². The molecule has 1 aliphatic rings. The van der Waals surface area contributed by atoms with Gasteiger partial charge in [0.2, 0.25) is 0 Å². The second-order valence-electron chi connectivity index (χ2n) is 3.96. The normalized spacial score (nSPS) is 18.9. The summed E-state index contributed by atoms with van der Waals surface area (Å²) in [6.45, 7) is 1.70. The van der Waals surface area contributed by atoms with Crippen molar-refractivity contribution < 1.29 is 19.1 Å². The molecule has 0 radical (unpaired) electrons. The zero-order valence-corrected chi connectivity index (χ0v) is 13.5. The van der Waals surface area contributed by atoms with E-state index in [0.717, 1.165) is 16.7 Å². The van der Waals surface area contributed by atoms with Crippen molar-refractivity contribution in [3.05, 3.63) is 27.5 Å². The van der Waals surface area contributed by atoms with Crippen molar-refractivity contribution >= 4 is 62.2 Å². The fourth-order valence-electron chi connectivity index (χ4n) is 1.75. The summed E-state index contributed by atoms with van der Waals surface area (Å²) >= 11 is 9.35. The van der Waals surface area contributed by atoms with E-state index in [0.29, 0.717) is 21.8 Å². The van der Waals surface area contributed by atoms with Gasteiger partial charge in [-0.05, 0) is 34.5 Å². The highest BCUT2D eigenvalue weighted by Crippen LogP contribution is 2.35. The number of carbonyl (C=O) groups is 2. The third-order valence-electron chi connectivity index (χ3n) is 2.67. The number of rotatable bonds is 4. The van der Waals surface area contributed by atoms with Crippen LogP contribution in [0.15, 0.2) is 26.1 Å². The van der Waals surface area contributed by atoms with Crippen LogP contribution in [-0.4, -0.2) is 32.2 Å². The summed E-state index contributed by atoms with van der Waals surface area (Å²) in [5.41, 5.74) is 0. The number of carboxylic acids is 1. The van der Waals surface area contributed by atoms with Crippen LogP contribution in [0, 0.1) is 0 Å². The molecular formula is C12H10BrNO4S2. The van der Waals surface area contributed by atoms with Gasteiger partial charge in [0, 0.05) is 6.08 Å². The second-order valence-corrected chi connectivity index (χ2v) is 6.41. The number of aliphatic carboxylic acids is 1. The van der Waals surface area contributed by atoms with Crippen LogP contribution < -0.4 is 0 Å². The number of halogens is 1. The number of nitrogens with zero attached hydrogens (tertiary/aromatic N) is 1. The molecule has 1 aromatic heterocycles. The lowest BCUT2D eigenvalue weighted by Gasteiger charge is -2.21. The van der Waals surface area contributed by atoms with Crippen LogP contribution in [-0.2, 0) is 9.59 Å². The Balaban J connectivity index is 2.29. The number of furan rings is 1. The van der Waals surface area contributed by atoms with Gasteiger partial charge in [-0.15, -0.1) is 0 Å². The van der Waals surface area contributed by atoms with Gasteiger partial charge in [-0.25, -0.2) is 4.79 Å².